The predicted octanol–water partition coefficient (Wildman–Crippen LogP) is 3.15. The molecule has 2 aromatic heterocycles. The number of fused-ring (bicyclic) bond motifs is 1. The van der Waals surface area contributed by atoms with Crippen molar-refractivity contribution in [1.29, 1.82) is 0 Å². The van der Waals surface area contributed by atoms with Gasteiger partial charge in [0.1, 0.15) is 6.33 Å². The average molecular weight is 357 g/mol. The second kappa shape index (κ2) is 7.78. The molecule has 6 nitrogen and oxygen atoms in total. The zero-order valence-corrected chi connectivity index (χ0v) is 14.7. The number of carbonyl (C=O) groups is 1. The Bertz CT molecular complexity index is 1040. The molecule has 27 heavy (non-hydrogen) atoms. The molecule has 4 aromatic rings. The maximum Gasteiger partial charge on any atom is 0.252 e. The summed E-state index contributed by atoms with van der Waals surface area (Å²) in [6, 6.07) is 17.8. The SMILES string of the molecule is O=C(NCCCc1cnc2ncnn2c1)c1ccc(-c2ccccc2)cc1. The number of nitrogens with zero attached hydrogens (tertiary/aromatic N) is 4. The van der Waals surface area contributed by atoms with Crippen molar-refractivity contribution in [3.63, 3.8) is 0 Å². The van der Waals surface area contributed by atoms with Crippen molar-refractivity contribution >= 4 is 11.7 Å². The monoisotopic (exact) mass is 357 g/mol. The smallest absolute Gasteiger partial charge is 0.252 e. The summed E-state index contributed by atoms with van der Waals surface area (Å²) in [7, 11) is 0. The second-order valence-corrected chi connectivity index (χ2v) is 6.27. The lowest BCUT2D eigenvalue weighted by Gasteiger charge is -2.07. The maximum absolute atomic E-state index is 12.3. The van der Waals surface area contributed by atoms with E-state index in [4.69, 9.17) is 0 Å². The van der Waals surface area contributed by atoms with Crippen LogP contribution in [0.15, 0.2) is 73.3 Å². The van der Waals surface area contributed by atoms with Crippen LogP contribution in [0.25, 0.3) is 16.9 Å². The van der Waals surface area contributed by atoms with Crippen LogP contribution in [0.1, 0.15) is 22.3 Å². The fourth-order valence-electron chi connectivity index (χ4n) is 2.93. The molecule has 6 heteroatoms. The molecule has 0 bridgehead atoms. The molecule has 2 aromatic carbocycles. The van der Waals surface area contributed by atoms with Gasteiger partial charge in [-0.25, -0.2) is 9.50 Å². The van der Waals surface area contributed by atoms with E-state index in [1.807, 2.05) is 48.7 Å². The van der Waals surface area contributed by atoms with E-state index in [0.717, 1.165) is 29.5 Å². The molecule has 2 heterocycles. The van der Waals surface area contributed by atoms with Crippen molar-refractivity contribution in [2.45, 2.75) is 12.8 Å². The van der Waals surface area contributed by atoms with Crippen molar-refractivity contribution in [3.05, 3.63) is 84.4 Å². The first-order valence-corrected chi connectivity index (χ1v) is 8.87. The third-order valence-corrected chi connectivity index (χ3v) is 4.37. The second-order valence-electron chi connectivity index (χ2n) is 6.27. The molecule has 0 spiro atoms. The molecule has 134 valence electrons. The zero-order valence-electron chi connectivity index (χ0n) is 14.7. The lowest BCUT2D eigenvalue weighted by atomic mass is 10.0. The van der Waals surface area contributed by atoms with Gasteiger partial charge in [0.2, 0.25) is 0 Å². The fraction of sp³-hybridized carbons (Fsp3) is 0.143. The molecule has 0 unspecified atom stereocenters. The van der Waals surface area contributed by atoms with Gasteiger partial charge in [-0.3, -0.25) is 4.79 Å². The topological polar surface area (TPSA) is 72.2 Å². The number of aryl methyl sites for hydroxylation is 1. The molecule has 1 N–H and O–H groups in total. The summed E-state index contributed by atoms with van der Waals surface area (Å²) < 4.78 is 1.65. The van der Waals surface area contributed by atoms with E-state index in [0.29, 0.717) is 17.9 Å². The third-order valence-electron chi connectivity index (χ3n) is 4.37. The van der Waals surface area contributed by atoms with Crippen molar-refractivity contribution < 1.29 is 4.79 Å². The van der Waals surface area contributed by atoms with Gasteiger partial charge in [-0.2, -0.15) is 10.1 Å². The summed E-state index contributed by atoms with van der Waals surface area (Å²) in [4.78, 5) is 20.6. The average Bonchev–Trinajstić information content (AvgIpc) is 3.20. The predicted molar refractivity (Wildman–Crippen MR) is 103 cm³/mol. The minimum atomic E-state index is -0.0561. The van der Waals surface area contributed by atoms with Crippen LogP contribution in [0.3, 0.4) is 0 Å². The van der Waals surface area contributed by atoms with Crippen molar-refractivity contribution in [3.8, 4) is 11.1 Å². The van der Waals surface area contributed by atoms with E-state index < -0.39 is 0 Å². The molecule has 0 radical (unpaired) electrons. The lowest BCUT2D eigenvalue weighted by Crippen LogP contribution is -2.24. The van der Waals surface area contributed by atoms with E-state index in [1.165, 1.54) is 6.33 Å². The van der Waals surface area contributed by atoms with Gasteiger partial charge in [0, 0.05) is 24.5 Å². The zero-order chi connectivity index (χ0) is 18.5. The van der Waals surface area contributed by atoms with Crippen LogP contribution in [0.4, 0.5) is 0 Å². The summed E-state index contributed by atoms with van der Waals surface area (Å²) >= 11 is 0. The van der Waals surface area contributed by atoms with Crippen LogP contribution >= 0.6 is 0 Å². The lowest BCUT2D eigenvalue weighted by molar-refractivity contribution is 0.0953. The molecule has 0 saturated carbocycles. The summed E-state index contributed by atoms with van der Waals surface area (Å²) in [6.45, 7) is 0.606. The van der Waals surface area contributed by atoms with Gasteiger partial charge in [0.05, 0.1) is 0 Å². The van der Waals surface area contributed by atoms with Gasteiger partial charge in [-0.1, -0.05) is 42.5 Å². The highest BCUT2D eigenvalue weighted by Crippen LogP contribution is 2.19. The number of benzene rings is 2. The molecule has 0 aliphatic heterocycles. The highest BCUT2D eigenvalue weighted by Gasteiger charge is 2.06. The van der Waals surface area contributed by atoms with Gasteiger partial charge in [0.25, 0.3) is 11.7 Å². The number of rotatable bonds is 6. The van der Waals surface area contributed by atoms with Crippen LogP contribution in [0.2, 0.25) is 0 Å². The Labute approximate surface area is 156 Å². The van der Waals surface area contributed by atoms with Crippen LogP contribution in [0, 0.1) is 0 Å². The number of aromatic nitrogens is 4. The van der Waals surface area contributed by atoms with Gasteiger partial charge in [-0.15, -0.1) is 0 Å². The summed E-state index contributed by atoms with van der Waals surface area (Å²) in [5, 5.41) is 7.04. The van der Waals surface area contributed by atoms with Crippen LogP contribution in [-0.4, -0.2) is 32.0 Å². The number of nitrogens with one attached hydrogen (secondary N) is 1. The number of carbonyl (C=O) groups excluding carboxylic acids is 1. The Balaban J connectivity index is 1.29. The van der Waals surface area contributed by atoms with Crippen molar-refractivity contribution in [2.75, 3.05) is 6.54 Å². The van der Waals surface area contributed by atoms with Crippen LogP contribution in [0.5, 0.6) is 0 Å². The number of hydrogen-bond donors (Lipinski definition) is 1. The van der Waals surface area contributed by atoms with Gasteiger partial charge < -0.3 is 5.32 Å². The van der Waals surface area contributed by atoms with E-state index >= 15 is 0 Å². The van der Waals surface area contributed by atoms with E-state index in [2.05, 4.69) is 32.5 Å². The minimum absolute atomic E-state index is 0.0561. The molecule has 0 fully saturated rings. The largest absolute Gasteiger partial charge is 0.352 e. The van der Waals surface area contributed by atoms with E-state index in [1.54, 1.807) is 10.7 Å². The molecule has 0 atom stereocenters. The highest BCUT2D eigenvalue weighted by atomic mass is 16.1. The Hall–Kier alpha value is -3.54. The van der Waals surface area contributed by atoms with Gasteiger partial charge in [-0.05, 0) is 41.7 Å². The van der Waals surface area contributed by atoms with Gasteiger partial charge in [0.15, 0.2) is 0 Å². The summed E-state index contributed by atoms with van der Waals surface area (Å²) in [5.41, 5.74) is 3.97. The number of hydrogen-bond acceptors (Lipinski definition) is 4. The van der Waals surface area contributed by atoms with Crippen LogP contribution < -0.4 is 5.32 Å². The van der Waals surface area contributed by atoms with Gasteiger partial charge >= 0.3 is 0 Å². The Morgan fingerprint density at radius 2 is 1.74 bits per heavy atom. The fourth-order valence-corrected chi connectivity index (χ4v) is 2.93. The summed E-state index contributed by atoms with van der Waals surface area (Å²) in [6.07, 6.45) is 6.84. The normalized spacial score (nSPS) is 10.8. The Morgan fingerprint density at radius 3 is 2.56 bits per heavy atom. The highest BCUT2D eigenvalue weighted by molar-refractivity contribution is 5.94. The first kappa shape index (κ1) is 16.9. The van der Waals surface area contributed by atoms with Crippen molar-refractivity contribution in [1.82, 2.24) is 24.9 Å². The third kappa shape index (κ3) is 4.00. The Morgan fingerprint density at radius 1 is 0.963 bits per heavy atom. The molecule has 4 rings (SSSR count). The standard InChI is InChI=1S/C21H19N5O/c27-20(19-10-8-18(9-11-19)17-6-2-1-3-7-17)22-12-4-5-16-13-23-21-24-15-25-26(21)14-16/h1-3,6-11,13-15H,4-5,12H2,(H,22,27). The molecule has 0 aliphatic rings. The van der Waals surface area contributed by atoms with Crippen molar-refractivity contribution in [2.24, 2.45) is 0 Å². The van der Waals surface area contributed by atoms with E-state index in [-0.39, 0.29) is 5.91 Å². The molecular formula is C21H19N5O. The quantitative estimate of drug-likeness (QED) is 0.538. The van der Waals surface area contributed by atoms with Crippen LogP contribution in [-0.2, 0) is 6.42 Å². The minimum Gasteiger partial charge on any atom is -0.352 e. The first-order valence-electron chi connectivity index (χ1n) is 8.87. The maximum atomic E-state index is 12.3. The Kier molecular flexibility index (Phi) is 4.87. The molecule has 1 amide bonds. The first-order chi connectivity index (χ1) is 13.3. The van der Waals surface area contributed by atoms with E-state index in [9.17, 15) is 4.79 Å². The number of amides is 1. The molecular weight excluding hydrogens is 338 g/mol. The molecule has 0 aliphatic carbocycles. The molecule has 0 saturated heterocycles. The summed E-state index contributed by atoms with van der Waals surface area (Å²) in [5.74, 6) is 0.533.